The zero-order chi connectivity index (χ0) is 29.3. The fourth-order valence-corrected chi connectivity index (χ4v) is 5.96. The van der Waals surface area contributed by atoms with Gasteiger partial charge in [-0.1, -0.05) is 135 Å². The lowest BCUT2D eigenvalue weighted by molar-refractivity contribution is -0.134. The second-order valence-corrected chi connectivity index (χ2v) is 11.9. The van der Waals surface area contributed by atoms with E-state index in [1.54, 1.807) is 6.92 Å². The lowest BCUT2D eigenvalue weighted by atomic mass is 9.88. The van der Waals surface area contributed by atoms with E-state index in [1.807, 2.05) is 30.3 Å². The number of esters is 1. The fourth-order valence-electron chi connectivity index (χ4n) is 5.96. The topological polar surface area (TPSA) is 35.5 Å². The van der Waals surface area contributed by atoms with Crippen LogP contribution >= 0.6 is 0 Å². The van der Waals surface area contributed by atoms with Gasteiger partial charge in [0.1, 0.15) is 23.4 Å². The molecule has 228 valence electrons. The summed E-state index contributed by atoms with van der Waals surface area (Å²) in [5, 5.41) is 0. The molecule has 1 aliphatic heterocycles. The normalized spacial score (nSPS) is 12.9. The molecule has 41 heavy (non-hydrogen) atoms. The van der Waals surface area contributed by atoms with Gasteiger partial charge >= 0.3 is 5.97 Å². The third-order valence-corrected chi connectivity index (χ3v) is 8.46. The molecule has 0 fully saturated rings. The van der Waals surface area contributed by atoms with Crippen LogP contribution in [0.3, 0.4) is 0 Å². The van der Waals surface area contributed by atoms with Gasteiger partial charge in [0, 0.05) is 24.0 Å². The molecule has 0 aliphatic carbocycles. The Balaban J connectivity index is 1.73. The van der Waals surface area contributed by atoms with Gasteiger partial charge in [0.15, 0.2) is 0 Å². The van der Waals surface area contributed by atoms with Crippen molar-refractivity contribution in [2.75, 3.05) is 0 Å². The first-order valence-corrected chi connectivity index (χ1v) is 16.9. The fraction of sp³-hybridized carbons (Fsp3) is 0.649. The van der Waals surface area contributed by atoms with E-state index in [1.165, 1.54) is 70.6 Å². The molecule has 0 bridgehead atoms. The van der Waals surface area contributed by atoms with Crippen LogP contribution in [0.4, 0.5) is 4.39 Å². The molecule has 0 spiro atoms. The van der Waals surface area contributed by atoms with E-state index in [0.717, 1.165) is 61.0 Å². The molecule has 2 aromatic rings. The van der Waals surface area contributed by atoms with Crippen LogP contribution in [-0.4, -0.2) is 5.97 Å². The molecule has 0 amide bonds. The highest BCUT2D eigenvalue weighted by Gasteiger charge is 2.30. The molecule has 0 saturated carbocycles. The lowest BCUT2D eigenvalue weighted by Gasteiger charge is -2.27. The Kier molecular flexibility index (Phi) is 15.3. The summed E-state index contributed by atoms with van der Waals surface area (Å²) in [6.07, 6.45) is 20.3. The van der Waals surface area contributed by atoms with E-state index in [0.29, 0.717) is 29.9 Å². The Morgan fingerprint density at radius 3 is 2.02 bits per heavy atom. The van der Waals surface area contributed by atoms with Crippen LogP contribution in [0, 0.1) is 0 Å². The van der Waals surface area contributed by atoms with Gasteiger partial charge in [-0.15, -0.1) is 0 Å². The number of para-hydroxylation sites is 1. The summed E-state index contributed by atoms with van der Waals surface area (Å²) in [6, 6.07) is 10.0. The average Bonchev–Trinajstić information content (AvgIpc) is 2.98. The number of carbonyl (C=O) groups excluding carboxylic acids is 1. The van der Waals surface area contributed by atoms with Crippen molar-refractivity contribution in [1.29, 1.82) is 0 Å². The highest BCUT2D eigenvalue weighted by molar-refractivity contribution is 5.74. The minimum absolute atomic E-state index is 0.252. The van der Waals surface area contributed by atoms with Gasteiger partial charge in [-0.2, -0.15) is 0 Å². The first-order chi connectivity index (χ1) is 20.1. The number of rotatable bonds is 21. The first kappa shape index (κ1) is 33.1. The maximum atomic E-state index is 16.2. The van der Waals surface area contributed by atoms with Gasteiger partial charge in [0.2, 0.25) is 0 Å². The molecule has 1 heterocycles. The maximum Gasteiger partial charge on any atom is 0.310 e. The molecule has 1 aliphatic rings. The van der Waals surface area contributed by atoms with E-state index in [2.05, 4.69) is 13.8 Å². The third-order valence-electron chi connectivity index (χ3n) is 8.46. The van der Waals surface area contributed by atoms with Gasteiger partial charge in [0.25, 0.3) is 0 Å². The summed E-state index contributed by atoms with van der Waals surface area (Å²) in [6.45, 7) is 6.25. The van der Waals surface area contributed by atoms with Crippen LogP contribution in [0.5, 0.6) is 17.2 Å². The number of alkyl halides is 1. The molecular weight excluding hydrogens is 511 g/mol. The minimum Gasteiger partial charge on any atom is -0.457 e. The van der Waals surface area contributed by atoms with Crippen molar-refractivity contribution in [3.63, 3.8) is 0 Å². The van der Waals surface area contributed by atoms with Gasteiger partial charge in [-0.25, -0.2) is 4.39 Å². The Morgan fingerprint density at radius 1 is 0.805 bits per heavy atom. The maximum absolute atomic E-state index is 16.2. The van der Waals surface area contributed by atoms with Gasteiger partial charge in [0.05, 0.1) is 0 Å². The number of unbranched alkanes of at least 4 members (excludes halogenated alkanes) is 14. The Morgan fingerprint density at radius 2 is 1.39 bits per heavy atom. The second-order valence-electron chi connectivity index (χ2n) is 11.9. The summed E-state index contributed by atoms with van der Waals surface area (Å²) < 4.78 is 28.5. The summed E-state index contributed by atoms with van der Waals surface area (Å²) in [5.41, 5.74) is 3.37. The molecule has 0 aromatic heterocycles. The summed E-state index contributed by atoms with van der Waals surface area (Å²) in [4.78, 5) is 12.6. The third kappa shape index (κ3) is 10.8. The van der Waals surface area contributed by atoms with E-state index in [4.69, 9.17) is 9.47 Å². The number of halogens is 1. The highest BCUT2D eigenvalue weighted by atomic mass is 19.1. The van der Waals surface area contributed by atoms with Crippen molar-refractivity contribution < 1.29 is 18.7 Å². The molecule has 1 unspecified atom stereocenters. The van der Waals surface area contributed by atoms with Gasteiger partial charge in [-0.3, -0.25) is 4.79 Å². The van der Waals surface area contributed by atoms with Crippen LogP contribution in [0.25, 0.3) is 0 Å². The number of hydrogen-bond donors (Lipinski definition) is 0. The summed E-state index contributed by atoms with van der Waals surface area (Å²) in [5.74, 6) is 1.63. The molecule has 0 saturated heterocycles. The molecule has 3 rings (SSSR count). The zero-order valence-electron chi connectivity index (χ0n) is 26.2. The largest absolute Gasteiger partial charge is 0.457 e. The second kappa shape index (κ2) is 18.9. The molecular formula is C37H55FO3. The number of benzene rings is 2. The predicted octanol–water partition coefficient (Wildman–Crippen LogP) is 11.9. The Bertz CT molecular complexity index is 1050. The SMILES string of the molecule is CCCCCCCCCCCCCc1cc2c(c(OC(=O)CC)c1C(F)CCCCCCC)Cc1ccccc1O2. The van der Waals surface area contributed by atoms with Crippen LogP contribution < -0.4 is 9.47 Å². The van der Waals surface area contributed by atoms with Crippen molar-refractivity contribution in [3.8, 4) is 17.2 Å². The van der Waals surface area contributed by atoms with E-state index < -0.39 is 6.17 Å². The summed E-state index contributed by atoms with van der Waals surface area (Å²) >= 11 is 0. The quantitative estimate of drug-likeness (QED) is 0.0731. The van der Waals surface area contributed by atoms with Crippen LogP contribution in [0.2, 0.25) is 0 Å². The van der Waals surface area contributed by atoms with Gasteiger partial charge in [-0.05, 0) is 42.5 Å². The number of hydrogen-bond acceptors (Lipinski definition) is 3. The number of ether oxygens (including phenoxy) is 2. The van der Waals surface area contributed by atoms with Crippen molar-refractivity contribution in [2.45, 2.75) is 155 Å². The van der Waals surface area contributed by atoms with Crippen molar-refractivity contribution >= 4 is 5.97 Å². The van der Waals surface area contributed by atoms with Crippen molar-refractivity contribution in [1.82, 2.24) is 0 Å². The molecule has 2 aromatic carbocycles. The number of fused-ring (bicyclic) bond motifs is 2. The van der Waals surface area contributed by atoms with E-state index in [-0.39, 0.29) is 12.4 Å². The standard InChI is InChI=1S/C37H55FO3/c1-4-7-9-11-12-13-14-15-16-18-19-24-30-28-34-31(27-29-23-21-22-26-33(29)40-34)37(41-35(39)6-3)36(30)32(38)25-20-17-10-8-5-2/h21-23,26,28,32H,4-20,24-25,27H2,1-3H3. The number of aryl methyl sites for hydroxylation is 1. The minimum atomic E-state index is -1.15. The Labute approximate surface area is 249 Å². The van der Waals surface area contributed by atoms with Crippen LogP contribution in [0.1, 0.15) is 165 Å². The number of carbonyl (C=O) groups is 1. The predicted molar refractivity (Wildman–Crippen MR) is 169 cm³/mol. The molecule has 1 atom stereocenters. The average molecular weight is 567 g/mol. The van der Waals surface area contributed by atoms with Crippen LogP contribution in [0.15, 0.2) is 30.3 Å². The smallest absolute Gasteiger partial charge is 0.310 e. The van der Waals surface area contributed by atoms with Gasteiger partial charge < -0.3 is 9.47 Å². The monoisotopic (exact) mass is 566 g/mol. The van der Waals surface area contributed by atoms with Crippen molar-refractivity contribution in [2.24, 2.45) is 0 Å². The Hall–Kier alpha value is -2.36. The molecule has 3 nitrogen and oxygen atoms in total. The zero-order valence-corrected chi connectivity index (χ0v) is 26.2. The summed E-state index contributed by atoms with van der Waals surface area (Å²) in [7, 11) is 0. The molecule has 4 heteroatoms. The van der Waals surface area contributed by atoms with Crippen LogP contribution in [-0.2, 0) is 17.6 Å². The lowest BCUT2D eigenvalue weighted by Crippen LogP contribution is -2.15. The first-order valence-electron chi connectivity index (χ1n) is 16.9. The molecule has 0 radical (unpaired) electrons. The van der Waals surface area contributed by atoms with E-state index >= 15 is 4.39 Å². The highest BCUT2D eigenvalue weighted by Crippen LogP contribution is 2.47. The van der Waals surface area contributed by atoms with Crippen molar-refractivity contribution in [3.05, 3.63) is 52.6 Å². The molecule has 0 N–H and O–H groups in total. The van der Waals surface area contributed by atoms with E-state index in [9.17, 15) is 4.79 Å².